The second-order valence-corrected chi connectivity index (χ2v) is 19.4. The van der Waals surface area contributed by atoms with E-state index in [0.29, 0.717) is 5.56 Å². The molecule has 0 fully saturated rings. The highest BCUT2D eigenvalue weighted by Gasteiger charge is 2.26. The molecule has 1 amide bonds. The lowest BCUT2D eigenvalue weighted by atomic mass is 9.81. The molecule has 0 radical (unpaired) electrons. The molecule has 0 aliphatic rings. The number of benzene rings is 4. The van der Waals surface area contributed by atoms with Gasteiger partial charge in [0.1, 0.15) is 11.6 Å². The summed E-state index contributed by atoms with van der Waals surface area (Å²) in [6, 6.07) is 21.4. The monoisotopic (exact) mass is 789 g/mol. The Labute approximate surface area is 325 Å². The maximum Gasteiger partial charge on any atom is 0.229 e. The molecule has 55 heavy (non-hydrogen) atoms. The van der Waals surface area contributed by atoms with Crippen LogP contribution in [0.2, 0.25) is 0 Å². The van der Waals surface area contributed by atoms with Crippen molar-refractivity contribution >= 4 is 43.4 Å². The number of nitrogens with one attached hydrogen (secondary N) is 2. The van der Waals surface area contributed by atoms with Gasteiger partial charge in [-0.1, -0.05) is 109 Å². The number of nitrogens with zero attached hydrogens (tertiary/aromatic N) is 1. The van der Waals surface area contributed by atoms with Crippen LogP contribution in [0.25, 0.3) is 6.08 Å². The molecular weight excluding hydrogens is 741 g/mol. The third kappa shape index (κ3) is 11.5. The van der Waals surface area contributed by atoms with Crippen LogP contribution >= 0.6 is 0 Å². The van der Waals surface area contributed by atoms with Crippen molar-refractivity contribution in [3.05, 3.63) is 136 Å². The molecule has 4 aromatic rings. The van der Waals surface area contributed by atoms with Gasteiger partial charge in [-0.25, -0.2) is 25.6 Å². The number of hydrogen-bond donors (Lipinski definition) is 2. The lowest BCUT2D eigenvalue weighted by molar-refractivity contribution is -0.132. The van der Waals surface area contributed by atoms with E-state index in [-0.39, 0.29) is 58.6 Å². The number of sulfonamides is 2. The van der Waals surface area contributed by atoms with Crippen molar-refractivity contribution in [2.24, 2.45) is 0 Å². The molecule has 0 heterocycles. The van der Waals surface area contributed by atoms with E-state index in [0.717, 1.165) is 46.9 Å². The van der Waals surface area contributed by atoms with Gasteiger partial charge in [-0.05, 0) is 68.5 Å². The zero-order valence-corrected chi connectivity index (χ0v) is 34.2. The molecular formula is C43H49F2N3O5S2. The van der Waals surface area contributed by atoms with Crippen LogP contribution in [0.3, 0.4) is 0 Å². The zero-order valence-electron chi connectivity index (χ0n) is 32.5. The highest BCUT2D eigenvalue weighted by molar-refractivity contribution is 7.92. The van der Waals surface area contributed by atoms with E-state index in [1.165, 1.54) is 23.1 Å². The van der Waals surface area contributed by atoms with Crippen LogP contribution in [0.4, 0.5) is 20.2 Å². The lowest BCUT2D eigenvalue weighted by Gasteiger charge is -2.28. The summed E-state index contributed by atoms with van der Waals surface area (Å²) in [5.41, 5.74) is 3.84. The quantitative estimate of drug-likeness (QED) is 0.132. The van der Waals surface area contributed by atoms with E-state index < -0.39 is 43.3 Å². The minimum absolute atomic E-state index is 0.0214. The van der Waals surface area contributed by atoms with Crippen molar-refractivity contribution in [2.45, 2.75) is 77.8 Å². The fraction of sp³-hybridized carbons (Fsp3) is 0.326. The molecule has 0 aliphatic carbocycles. The predicted molar refractivity (Wildman–Crippen MR) is 219 cm³/mol. The van der Waals surface area contributed by atoms with Crippen LogP contribution in [-0.2, 0) is 48.8 Å². The van der Waals surface area contributed by atoms with Crippen LogP contribution in [0, 0.1) is 24.0 Å². The first kappa shape index (κ1) is 42.7. The van der Waals surface area contributed by atoms with E-state index in [2.05, 4.69) is 87.8 Å². The molecule has 0 aromatic heterocycles. The Morgan fingerprint density at radius 2 is 1.18 bits per heavy atom. The smallest absolute Gasteiger partial charge is 0.229 e. The van der Waals surface area contributed by atoms with Gasteiger partial charge in [0, 0.05) is 31.0 Å². The summed E-state index contributed by atoms with van der Waals surface area (Å²) in [5, 5.41) is 0. The van der Waals surface area contributed by atoms with Gasteiger partial charge in [0.25, 0.3) is 0 Å². The van der Waals surface area contributed by atoms with Crippen molar-refractivity contribution in [1.29, 1.82) is 0 Å². The molecule has 0 saturated heterocycles. The number of halogens is 2. The summed E-state index contributed by atoms with van der Waals surface area (Å²) < 4.78 is 83.2. The summed E-state index contributed by atoms with van der Waals surface area (Å²) in [5.74, 6) is -0.255. The van der Waals surface area contributed by atoms with Crippen molar-refractivity contribution < 1.29 is 30.4 Å². The normalized spacial score (nSPS) is 12.3. The van der Waals surface area contributed by atoms with E-state index in [4.69, 9.17) is 6.42 Å². The predicted octanol–water partition coefficient (Wildman–Crippen LogP) is 8.68. The van der Waals surface area contributed by atoms with Crippen LogP contribution < -0.4 is 9.44 Å². The van der Waals surface area contributed by atoms with Crippen molar-refractivity contribution in [3.8, 4) is 12.3 Å². The summed E-state index contributed by atoms with van der Waals surface area (Å²) in [7, 11) is -7.71. The molecule has 12 heteroatoms. The molecule has 0 saturated carbocycles. The second-order valence-electron chi connectivity index (χ2n) is 15.9. The average Bonchev–Trinajstić information content (AvgIpc) is 3.07. The Kier molecular flexibility index (Phi) is 12.7. The molecule has 4 rings (SSSR count). The number of terminal acetylenes is 1. The Morgan fingerprint density at radius 1 is 0.764 bits per heavy atom. The maximum atomic E-state index is 15.5. The highest BCUT2D eigenvalue weighted by Crippen LogP contribution is 2.34. The fourth-order valence-electron chi connectivity index (χ4n) is 6.22. The number of rotatable bonds is 13. The Balaban J connectivity index is 1.84. The number of anilines is 2. The van der Waals surface area contributed by atoms with Gasteiger partial charge >= 0.3 is 0 Å². The van der Waals surface area contributed by atoms with Crippen molar-refractivity contribution in [3.63, 3.8) is 0 Å². The minimum atomic E-state index is -3.87. The summed E-state index contributed by atoms with van der Waals surface area (Å²) in [4.78, 5) is 16.1. The molecule has 0 spiro atoms. The largest absolute Gasteiger partial charge is 0.334 e. The maximum absolute atomic E-state index is 15.5. The lowest BCUT2D eigenvalue weighted by Crippen LogP contribution is -2.31. The molecule has 2 N–H and O–H groups in total. The summed E-state index contributed by atoms with van der Waals surface area (Å²) >= 11 is 0. The van der Waals surface area contributed by atoms with Gasteiger partial charge in [0.2, 0.25) is 26.0 Å². The zero-order chi connectivity index (χ0) is 41.1. The minimum Gasteiger partial charge on any atom is -0.334 e. The van der Waals surface area contributed by atoms with Gasteiger partial charge in [-0.3, -0.25) is 14.2 Å². The highest BCUT2D eigenvalue weighted by atomic mass is 32.2. The molecule has 0 atom stereocenters. The van der Waals surface area contributed by atoms with Crippen LogP contribution in [0.15, 0.2) is 79.4 Å². The number of carbonyl (C=O) groups is 1. The third-order valence-electron chi connectivity index (χ3n) is 9.12. The Bertz CT molecular complexity index is 2280. The van der Waals surface area contributed by atoms with Crippen LogP contribution in [0.5, 0.6) is 0 Å². The number of hydrogen-bond acceptors (Lipinski definition) is 5. The van der Waals surface area contributed by atoms with Crippen molar-refractivity contribution in [1.82, 2.24) is 4.90 Å². The van der Waals surface area contributed by atoms with Gasteiger partial charge in [0.15, 0.2) is 0 Å². The summed E-state index contributed by atoms with van der Waals surface area (Å²) in [6.07, 6.45) is 8.72. The van der Waals surface area contributed by atoms with Crippen molar-refractivity contribution in [2.75, 3.05) is 22.0 Å². The first-order chi connectivity index (χ1) is 25.4. The Morgan fingerprint density at radius 3 is 1.58 bits per heavy atom. The van der Waals surface area contributed by atoms with Crippen LogP contribution in [-0.4, -0.2) is 40.2 Å². The second kappa shape index (κ2) is 16.4. The summed E-state index contributed by atoms with van der Waals surface area (Å²) in [6.45, 7) is 16.1. The van der Waals surface area contributed by atoms with Gasteiger partial charge < -0.3 is 4.90 Å². The topological polar surface area (TPSA) is 113 Å². The molecule has 292 valence electrons. The first-order valence-electron chi connectivity index (χ1n) is 17.6. The standard InChI is InChI=1S/C43H49F2N3O5S2/c1-11-30-21-28(23-37(44)40(30)46-54(9,50)51)26-48(27-29-22-31(12-2)41(38(45)24-29)47-55(10,52)53)39(49)25-36(32-13-17-34(18-14-32)42(3,4)5)33-15-19-35(20-16-33)43(6,7)8/h1,12-24,36,46-47H,2,25-27H2,3-10H3. The fourth-order valence-corrected chi connectivity index (χ4v) is 7.39. The number of amides is 1. The molecule has 8 nitrogen and oxygen atoms in total. The Hall–Kier alpha value is -4.99. The van der Waals surface area contributed by atoms with Gasteiger partial charge in [-0.15, -0.1) is 6.42 Å². The van der Waals surface area contributed by atoms with E-state index in [1.807, 2.05) is 24.3 Å². The number of carbonyl (C=O) groups excluding carboxylic acids is 1. The molecule has 0 aliphatic heterocycles. The average molecular weight is 790 g/mol. The molecule has 4 aromatic carbocycles. The molecule has 0 bridgehead atoms. The van der Waals surface area contributed by atoms with E-state index in [9.17, 15) is 21.6 Å². The third-order valence-corrected chi connectivity index (χ3v) is 10.3. The van der Waals surface area contributed by atoms with Crippen LogP contribution in [0.1, 0.15) is 98.4 Å². The van der Waals surface area contributed by atoms with Gasteiger partial charge in [-0.2, -0.15) is 0 Å². The van der Waals surface area contributed by atoms with E-state index >= 15 is 8.78 Å². The van der Waals surface area contributed by atoms with Gasteiger partial charge in [0.05, 0.1) is 29.4 Å². The SMILES string of the molecule is C#Cc1cc(CN(Cc2cc(F)c(NS(C)(=O)=O)c(C=C)c2)C(=O)CC(c2ccc(C(C)(C)C)cc2)c2ccc(C(C)(C)C)cc2)cc(F)c1NS(C)(=O)=O. The first-order valence-corrected chi connectivity index (χ1v) is 21.3. The van der Waals surface area contributed by atoms with E-state index in [1.54, 1.807) is 0 Å². The molecule has 0 unspecified atom stereocenters.